The van der Waals surface area contributed by atoms with Crippen LogP contribution in [0.2, 0.25) is 5.02 Å². The highest BCUT2D eigenvalue weighted by atomic mass is 35.5. The number of rotatable bonds is 7. The minimum absolute atomic E-state index is 0.221. The number of benzene rings is 1. The normalized spacial score (nSPS) is 14.2. The summed E-state index contributed by atoms with van der Waals surface area (Å²) in [6.45, 7) is 9.70. The summed E-state index contributed by atoms with van der Waals surface area (Å²) in [5.74, 6) is 0. The van der Waals surface area contributed by atoms with Gasteiger partial charge in [0, 0.05) is 18.6 Å². The molecule has 0 radical (unpaired) electrons. The van der Waals surface area contributed by atoms with Crippen molar-refractivity contribution < 1.29 is 0 Å². The first-order chi connectivity index (χ1) is 9.03. The molecule has 2 atom stereocenters. The van der Waals surface area contributed by atoms with Crippen LogP contribution in [0.5, 0.6) is 0 Å². The quantitative estimate of drug-likeness (QED) is 0.810. The first-order valence-corrected chi connectivity index (χ1v) is 7.71. The molecule has 1 aromatic rings. The molecule has 2 N–H and O–H groups in total. The van der Waals surface area contributed by atoms with Crippen molar-refractivity contribution in [3.8, 4) is 0 Å². The molecule has 108 valence electrons. The van der Waals surface area contributed by atoms with Gasteiger partial charge < -0.3 is 10.6 Å². The van der Waals surface area contributed by atoms with Crippen LogP contribution in [0.15, 0.2) is 18.2 Å². The molecule has 0 fully saturated rings. The van der Waals surface area contributed by atoms with E-state index in [1.807, 2.05) is 0 Å². The molecule has 0 aliphatic rings. The fourth-order valence-corrected chi connectivity index (χ4v) is 2.61. The van der Waals surface area contributed by atoms with E-state index in [1.54, 1.807) is 0 Å². The van der Waals surface area contributed by atoms with Crippen LogP contribution < -0.4 is 10.6 Å². The van der Waals surface area contributed by atoms with E-state index >= 15 is 0 Å². The first kappa shape index (κ1) is 16.3. The molecule has 2 unspecified atom stereocenters. The summed E-state index contributed by atoms with van der Waals surface area (Å²) in [4.78, 5) is 2.35. The van der Waals surface area contributed by atoms with Crippen LogP contribution in [0.25, 0.3) is 0 Å². The Hall–Kier alpha value is -0.730. The summed E-state index contributed by atoms with van der Waals surface area (Å²) in [5.41, 5.74) is 8.35. The van der Waals surface area contributed by atoms with Gasteiger partial charge in [-0.15, -0.1) is 0 Å². The number of nitrogens with two attached hydrogens (primary N) is 1. The molecule has 0 aromatic heterocycles. The summed E-state index contributed by atoms with van der Waals surface area (Å²) in [5, 5.41) is 0.836. The van der Waals surface area contributed by atoms with E-state index in [4.69, 9.17) is 17.3 Å². The molecular weight excluding hydrogens is 256 g/mol. The Morgan fingerprint density at radius 2 is 1.89 bits per heavy atom. The van der Waals surface area contributed by atoms with Crippen molar-refractivity contribution in [1.29, 1.82) is 0 Å². The van der Waals surface area contributed by atoms with Crippen molar-refractivity contribution >= 4 is 17.3 Å². The van der Waals surface area contributed by atoms with E-state index in [-0.39, 0.29) is 6.04 Å². The van der Waals surface area contributed by atoms with Gasteiger partial charge in [-0.3, -0.25) is 0 Å². The zero-order valence-corrected chi connectivity index (χ0v) is 13.4. The molecule has 2 nitrogen and oxygen atoms in total. The molecule has 0 saturated heterocycles. The number of hydrogen-bond acceptors (Lipinski definition) is 2. The van der Waals surface area contributed by atoms with Crippen LogP contribution in [-0.2, 0) is 6.42 Å². The molecule has 1 aromatic carbocycles. The summed E-state index contributed by atoms with van der Waals surface area (Å²) in [7, 11) is 0. The predicted octanol–water partition coefficient (Wildman–Crippen LogP) is 4.24. The van der Waals surface area contributed by atoms with Crippen LogP contribution >= 0.6 is 11.6 Å². The van der Waals surface area contributed by atoms with Gasteiger partial charge in [-0.25, -0.2) is 0 Å². The van der Waals surface area contributed by atoms with Crippen molar-refractivity contribution in [2.24, 2.45) is 5.73 Å². The number of anilines is 1. The lowest BCUT2D eigenvalue weighted by molar-refractivity contribution is 0.629. The van der Waals surface area contributed by atoms with E-state index in [0.717, 1.165) is 36.5 Å². The molecule has 0 aliphatic carbocycles. The average Bonchev–Trinajstić information content (AvgIpc) is 2.41. The van der Waals surface area contributed by atoms with Crippen molar-refractivity contribution in [2.75, 3.05) is 11.4 Å². The molecule has 0 spiro atoms. The minimum atomic E-state index is 0.221. The van der Waals surface area contributed by atoms with Crippen LogP contribution in [0, 0.1) is 0 Å². The van der Waals surface area contributed by atoms with Gasteiger partial charge >= 0.3 is 0 Å². The third-order valence-corrected chi connectivity index (χ3v) is 4.11. The third-order valence-electron chi connectivity index (χ3n) is 3.81. The van der Waals surface area contributed by atoms with Gasteiger partial charge in [0.25, 0.3) is 0 Å². The fraction of sp³-hybridized carbons (Fsp3) is 0.625. The summed E-state index contributed by atoms with van der Waals surface area (Å²) in [6.07, 6.45) is 3.01. The maximum Gasteiger partial charge on any atom is 0.0642 e. The Morgan fingerprint density at radius 1 is 1.21 bits per heavy atom. The molecule has 0 saturated carbocycles. The van der Waals surface area contributed by atoms with Gasteiger partial charge in [0.1, 0.15) is 0 Å². The second-order valence-electron chi connectivity index (χ2n) is 5.20. The molecule has 0 bridgehead atoms. The lowest BCUT2D eigenvalue weighted by Crippen LogP contribution is -2.32. The number of hydrogen-bond donors (Lipinski definition) is 1. The standard InChI is InChI=1S/C16H27ClN2/c1-5-12(4)19(7-3)16-9-8-13(11-15(16)17)10-14(18)6-2/h8-9,11-12,14H,5-7,10,18H2,1-4H3. The molecular formula is C16H27ClN2. The van der Waals surface area contributed by atoms with Gasteiger partial charge in [0.2, 0.25) is 0 Å². The van der Waals surface area contributed by atoms with E-state index in [0.29, 0.717) is 6.04 Å². The van der Waals surface area contributed by atoms with E-state index in [1.165, 1.54) is 5.56 Å². The molecule has 0 amide bonds. The largest absolute Gasteiger partial charge is 0.368 e. The van der Waals surface area contributed by atoms with Crippen molar-refractivity contribution in [1.82, 2.24) is 0 Å². The Morgan fingerprint density at radius 3 is 2.37 bits per heavy atom. The molecule has 0 heterocycles. The molecule has 1 rings (SSSR count). The Labute approximate surface area is 122 Å². The monoisotopic (exact) mass is 282 g/mol. The third kappa shape index (κ3) is 4.39. The van der Waals surface area contributed by atoms with E-state index in [9.17, 15) is 0 Å². The lowest BCUT2D eigenvalue weighted by Gasteiger charge is -2.30. The van der Waals surface area contributed by atoms with Gasteiger partial charge in [-0.2, -0.15) is 0 Å². The molecule has 0 aliphatic heterocycles. The van der Waals surface area contributed by atoms with Crippen LogP contribution in [0.3, 0.4) is 0 Å². The molecule has 19 heavy (non-hydrogen) atoms. The zero-order valence-electron chi connectivity index (χ0n) is 12.6. The van der Waals surface area contributed by atoms with Gasteiger partial charge in [-0.05, 0) is 50.8 Å². The second-order valence-corrected chi connectivity index (χ2v) is 5.61. The van der Waals surface area contributed by atoms with Crippen LogP contribution in [0.4, 0.5) is 5.69 Å². The number of halogens is 1. The maximum atomic E-state index is 6.45. The zero-order chi connectivity index (χ0) is 14.4. The Kier molecular flexibility index (Phi) is 6.67. The Balaban J connectivity index is 2.92. The van der Waals surface area contributed by atoms with Crippen molar-refractivity contribution in [2.45, 2.75) is 59.0 Å². The maximum absolute atomic E-state index is 6.45. The average molecular weight is 283 g/mol. The van der Waals surface area contributed by atoms with Crippen molar-refractivity contribution in [3.05, 3.63) is 28.8 Å². The lowest BCUT2D eigenvalue weighted by atomic mass is 10.0. The smallest absolute Gasteiger partial charge is 0.0642 e. The predicted molar refractivity (Wildman–Crippen MR) is 86.2 cm³/mol. The fourth-order valence-electron chi connectivity index (χ4n) is 2.30. The second kappa shape index (κ2) is 7.76. The Bertz CT molecular complexity index is 392. The minimum Gasteiger partial charge on any atom is -0.368 e. The highest BCUT2D eigenvalue weighted by Gasteiger charge is 2.14. The summed E-state index contributed by atoms with van der Waals surface area (Å²) >= 11 is 6.45. The van der Waals surface area contributed by atoms with Crippen molar-refractivity contribution in [3.63, 3.8) is 0 Å². The topological polar surface area (TPSA) is 29.3 Å². The molecule has 3 heteroatoms. The van der Waals surface area contributed by atoms with Gasteiger partial charge in [0.15, 0.2) is 0 Å². The van der Waals surface area contributed by atoms with E-state index < -0.39 is 0 Å². The summed E-state index contributed by atoms with van der Waals surface area (Å²) < 4.78 is 0. The van der Waals surface area contributed by atoms with Gasteiger partial charge in [0.05, 0.1) is 10.7 Å². The highest BCUT2D eigenvalue weighted by Crippen LogP contribution is 2.29. The highest BCUT2D eigenvalue weighted by molar-refractivity contribution is 6.33. The summed E-state index contributed by atoms with van der Waals surface area (Å²) in [6, 6.07) is 7.08. The van der Waals surface area contributed by atoms with E-state index in [2.05, 4.69) is 50.8 Å². The van der Waals surface area contributed by atoms with Gasteiger partial charge in [-0.1, -0.05) is 31.5 Å². The SMILES string of the molecule is CCC(N)Cc1ccc(N(CC)C(C)CC)c(Cl)c1. The number of nitrogens with zero attached hydrogens (tertiary/aromatic N) is 1. The van der Waals surface area contributed by atoms with Crippen LogP contribution in [0.1, 0.15) is 46.1 Å². The van der Waals surface area contributed by atoms with Crippen LogP contribution in [-0.4, -0.2) is 18.6 Å². The first-order valence-electron chi connectivity index (χ1n) is 7.34.